The number of nitrogens with zero attached hydrogens (tertiary/aromatic N) is 1. The Bertz CT molecular complexity index is 249. The number of hydrogen-bond acceptors (Lipinski definition) is 3. The van der Waals surface area contributed by atoms with Crippen LogP contribution in [0.15, 0.2) is 24.5 Å². The second-order valence-electron chi connectivity index (χ2n) is 2.07. The van der Waals surface area contributed by atoms with Gasteiger partial charge < -0.3 is 5.32 Å². The number of nitrogens with one attached hydrogen (secondary N) is 3. The number of hydrazine groups is 1. The summed E-state index contributed by atoms with van der Waals surface area (Å²) in [6, 6.07) is 3.21. The molecule has 0 radical (unpaired) electrons. The van der Waals surface area contributed by atoms with Crippen molar-refractivity contribution in [2.24, 2.45) is 0 Å². The largest absolute Gasteiger partial charge is 0.340 e. The molecule has 0 aliphatic rings. The van der Waals surface area contributed by atoms with Gasteiger partial charge in [-0.15, -0.1) is 0 Å². The number of amides is 2. The fraction of sp³-hybridized carbons (Fsp3) is 0.143. The average molecular weight is 166 g/mol. The van der Waals surface area contributed by atoms with Gasteiger partial charge in [0.05, 0.1) is 5.69 Å². The van der Waals surface area contributed by atoms with E-state index < -0.39 is 0 Å². The molecule has 1 rings (SSSR count). The Balaban J connectivity index is 2.38. The van der Waals surface area contributed by atoms with Crippen LogP contribution < -0.4 is 16.2 Å². The lowest BCUT2D eigenvalue weighted by Crippen LogP contribution is -2.36. The molecule has 0 saturated carbocycles. The van der Waals surface area contributed by atoms with Gasteiger partial charge in [-0.3, -0.25) is 15.8 Å². The van der Waals surface area contributed by atoms with E-state index in [0.29, 0.717) is 0 Å². The van der Waals surface area contributed by atoms with Crippen LogP contribution in [0, 0.1) is 0 Å². The Kier molecular flexibility index (Phi) is 2.89. The third-order valence-corrected chi connectivity index (χ3v) is 1.23. The number of aromatic nitrogens is 1. The van der Waals surface area contributed by atoms with Gasteiger partial charge in [-0.2, -0.15) is 0 Å². The van der Waals surface area contributed by atoms with Crippen molar-refractivity contribution in [3.05, 3.63) is 24.5 Å². The predicted octanol–water partition coefficient (Wildman–Crippen LogP) is 0.337. The first-order valence-electron chi connectivity index (χ1n) is 3.46. The minimum Gasteiger partial charge on any atom is -0.340 e. The van der Waals surface area contributed by atoms with Crippen LogP contribution in [0.2, 0.25) is 0 Å². The molecule has 5 heteroatoms. The summed E-state index contributed by atoms with van der Waals surface area (Å²) < 4.78 is 0. The first kappa shape index (κ1) is 8.32. The predicted molar refractivity (Wildman–Crippen MR) is 45.5 cm³/mol. The molecular weight excluding hydrogens is 156 g/mol. The summed E-state index contributed by atoms with van der Waals surface area (Å²) in [7, 11) is 1.55. The van der Waals surface area contributed by atoms with Crippen molar-refractivity contribution in [1.29, 1.82) is 0 Å². The second kappa shape index (κ2) is 4.17. The molecule has 12 heavy (non-hydrogen) atoms. The average Bonchev–Trinajstić information content (AvgIpc) is 2.16. The molecule has 0 atom stereocenters. The van der Waals surface area contributed by atoms with Crippen LogP contribution in [-0.4, -0.2) is 18.1 Å². The van der Waals surface area contributed by atoms with Gasteiger partial charge in [-0.1, -0.05) is 0 Å². The molecule has 0 aliphatic carbocycles. The summed E-state index contributed by atoms with van der Waals surface area (Å²) >= 11 is 0. The van der Waals surface area contributed by atoms with E-state index in [1.54, 1.807) is 31.6 Å². The standard InChI is InChI=1S/C7H10N4O/c1-8-7(12)11-10-6-2-4-9-5-3-6/h2-5H,1H3,(H,9,10)(H2,8,11,12). The van der Waals surface area contributed by atoms with E-state index in [-0.39, 0.29) is 6.03 Å². The van der Waals surface area contributed by atoms with Gasteiger partial charge in [0.15, 0.2) is 0 Å². The van der Waals surface area contributed by atoms with Crippen LogP contribution in [0.5, 0.6) is 0 Å². The van der Waals surface area contributed by atoms with Gasteiger partial charge in [-0.25, -0.2) is 4.79 Å². The summed E-state index contributed by atoms with van der Waals surface area (Å²) in [5, 5.41) is 2.41. The van der Waals surface area contributed by atoms with Crippen LogP contribution in [0.3, 0.4) is 0 Å². The first-order chi connectivity index (χ1) is 5.83. The highest BCUT2D eigenvalue weighted by atomic mass is 16.2. The molecule has 0 saturated heterocycles. The molecule has 0 unspecified atom stereocenters. The van der Waals surface area contributed by atoms with E-state index in [9.17, 15) is 4.79 Å². The third kappa shape index (κ3) is 2.45. The highest BCUT2D eigenvalue weighted by molar-refractivity contribution is 5.74. The van der Waals surface area contributed by atoms with E-state index >= 15 is 0 Å². The van der Waals surface area contributed by atoms with Crippen molar-refractivity contribution >= 4 is 11.7 Å². The molecule has 1 heterocycles. The number of hydrogen-bond donors (Lipinski definition) is 3. The zero-order valence-corrected chi connectivity index (χ0v) is 6.66. The first-order valence-corrected chi connectivity index (χ1v) is 3.46. The highest BCUT2D eigenvalue weighted by Gasteiger charge is 1.93. The van der Waals surface area contributed by atoms with Crippen molar-refractivity contribution in [3.63, 3.8) is 0 Å². The van der Waals surface area contributed by atoms with Crippen molar-refractivity contribution in [3.8, 4) is 0 Å². The SMILES string of the molecule is CNC(=O)NNc1ccncc1. The molecule has 0 aromatic carbocycles. The fourth-order valence-electron chi connectivity index (χ4n) is 0.627. The molecule has 5 nitrogen and oxygen atoms in total. The lowest BCUT2D eigenvalue weighted by molar-refractivity contribution is 0.245. The molecule has 0 aliphatic heterocycles. The summed E-state index contributed by atoms with van der Waals surface area (Å²) in [6.45, 7) is 0. The van der Waals surface area contributed by atoms with Crippen LogP contribution in [0.4, 0.5) is 10.5 Å². The Morgan fingerprint density at radius 1 is 1.42 bits per heavy atom. The lowest BCUT2D eigenvalue weighted by Gasteiger charge is -2.06. The third-order valence-electron chi connectivity index (χ3n) is 1.23. The van der Waals surface area contributed by atoms with E-state index in [1.807, 2.05) is 0 Å². The summed E-state index contributed by atoms with van der Waals surface area (Å²) in [4.78, 5) is 14.5. The maximum atomic E-state index is 10.7. The van der Waals surface area contributed by atoms with Crippen molar-refractivity contribution in [1.82, 2.24) is 15.7 Å². The minimum absolute atomic E-state index is 0.285. The van der Waals surface area contributed by atoms with Gasteiger partial charge in [0, 0.05) is 19.4 Å². The maximum absolute atomic E-state index is 10.7. The normalized spacial score (nSPS) is 8.75. The summed E-state index contributed by atoms with van der Waals surface area (Å²) in [5.41, 5.74) is 5.90. The van der Waals surface area contributed by atoms with Crippen LogP contribution in [0.1, 0.15) is 0 Å². The van der Waals surface area contributed by atoms with Crippen molar-refractivity contribution in [2.75, 3.05) is 12.5 Å². The molecule has 1 aromatic rings. The number of pyridine rings is 1. The molecule has 64 valence electrons. The molecule has 3 N–H and O–H groups in total. The zero-order chi connectivity index (χ0) is 8.81. The summed E-state index contributed by atoms with van der Waals surface area (Å²) in [5.74, 6) is 0. The van der Waals surface area contributed by atoms with Crippen LogP contribution in [-0.2, 0) is 0 Å². The Morgan fingerprint density at radius 3 is 2.67 bits per heavy atom. The lowest BCUT2D eigenvalue weighted by atomic mass is 10.4. The summed E-state index contributed by atoms with van der Waals surface area (Å²) in [6.07, 6.45) is 3.27. The van der Waals surface area contributed by atoms with Gasteiger partial charge in [0.1, 0.15) is 0 Å². The van der Waals surface area contributed by atoms with E-state index in [0.717, 1.165) is 5.69 Å². The quantitative estimate of drug-likeness (QED) is 0.555. The van der Waals surface area contributed by atoms with Crippen LogP contribution >= 0.6 is 0 Å². The number of carbonyl (C=O) groups excluding carboxylic acids is 1. The molecule has 1 aromatic heterocycles. The van der Waals surface area contributed by atoms with Gasteiger partial charge >= 0.3 is 6.03 Å². The molecule has 0 fully saturated rings. The smallest absolute Gasteiger partial charge is 0.333 e. The fourth-order valence-corrected chi connectivity index (χ4v) is 0.627. The van der Waals surface area contributed by atoms with E-state index in [4.69, 9.17) is 0 Å². The Morgan fingerprint density at radius 2 is 2.08 bits per heavy atom. The number of rotatable bonds is 2. The molecule has 2 amide bonds. The minimum atomic E-state index is -0.285. The van der Waals surface area contributed by atoms with Crippen molar-refractivity contribution < 1.29 is 4.79 Å². The number of anilines is 1. The van der Waals surface area contributed by atoms with Gasteiger partial charge in [-0.05, 0) is 12.1 Å². The van der Waals surface area contributed by atoms with Gasteiger partial charge in [0.25, 0.3) is 0 Å². The Hall–Kier alpha value is -1.78. The monoisotopic (exact) mass is 166 g/mol. The molecule has 0 spiro atoms. The van der Waals surface area contributed by atoms with Crippen LogP contribution in [0.25, 0.3) is 0 Å². The molecular formula is C7H10N4O. The second-order valence-corrected chi connectivity index (χ2v) is 2.07. The van der Waals surface area contributed by atoms with E-state index in [2.05, 4.69) is 21.2 Å². The molecule has 0 bridgehead atoms. The van der Waals surface area contributed by atoms with E-state index in [1.165, 1.54) is 0 Å². The number of urea groups is 1. The Labute approximate surface area is 70.2 Å². The zero-order valence-electron chi connectivity index (χ0n) is 6.66. The highest BCUT2D eigenvalue weighted by Crippen LogP contribution is 1.99. The topological polar surface area (TPSA) is 66.1 Å². The maximum Gasteiger partial charge on any atom is 0.333 e. The number of carbonyl (C=O) groups is 1. The van der Waals surface area contributed by atoms with Gasteiger partial charge in [0.2, 0.25) is 0 Å². The van der Waals surface area contributed by atoms with Crippen molar-refractivity contribution in [2.45, 2.75) is 0 Å².